The van der Waals surface area contributed by atoms with Crippen LogP contribution < -0.4 is 0 Å². The summed E-state index contributed by atoms with van der Waals surface area (Å²) >= 11 is 0. The summed E-state index contributed by atoms with van der Waals surface area (Å²) in [5.74, 6) is -0.348. The van der Waals surface area contributed by atoms with Gasteiger partial charge in [0.25, 0.3) is 0 Å². The average molecular weight is 259 g/mol. The van der Waals surface area contributed by atoms with Crippen molar-refractivity contribution in [1.29, 1.82) is 0 Å². The number of Topliss-reactive ketones (excluding diaryl/α,β-unsaturated/α-hetero) is 1. The Hall–Kier alpha value is -2.10. The normalized spacial score (nSPS) is 10.7. The highest BCUT2D eigenvalue weighted by atomic mass is 16.5. The topological polar surface area (TPSA) is 48.3 Å². The van der Waals surface area contributed by atoms with Crippen LogP contribution in [0.25, 0.3) is 10.9 Å². The van der Waals surface area contributed by atoms with E-state index in [-0.39, 0.29) is 18.2 Å². The van der Waals surface area contributed by atoms with Gasteiger partial charge in [-0.3, -0.25) is 4.79 Å². The third kappa shape index (κ3) is 2.38. The van der Waals surface area contributed by atoms with Crippen molar-refractivity contribution in [3.05, 3.63) is 35.5 Å². The second-order valence-corrected chi connectivity index (χ2v) is 4.50. The number of nitrogens with zero attached hydrogens (tertiary/aromatic N) is 1. The molecule has 0 fully saturated rings. The zero-order chi connectivity index (χ0) is 14.0. The number of ketones is 1. The molecule has 100 valence electrons. The Bertz CT molecular complexity index is 640. The van der Waals surface area contributed by atoms with E-state index >= 15 is 0 Å². The molecule has 0 atom stereocenters. The highest BCUT2D eigenvalue weighted by Crippen LogP contribution is 2.26. The molecule has 19 heavy (non-hydrogen) atoms. The van der Waals surface area contributed by atoms with Gasteiger partial charge in [0.2, 0.25) is 0 Å². The number of carbonyl (C=O) groups excluding carboxylic acids is 2. The largest absolute Gasteiger partial charge is 0.461 e. The summed E-state index contributed by atoms with van der Waals surface area (Å²) in [4.78, 5) is 23.5. The number of ether oxygens (including phenoxy) is 1. The number of hydrogen-bond acceptors (Lipinski definition) is 3. The molecule has 0 radical (unpaired) electrons. The molecule has 0 saturated carbocycles. The van der Waals surface area contributed by atoms with Crippen LogP contribution in [-0.2, 0) is 23.0 Å². The Morgan fingerprint density at radius 3 is 2.58 bits per heavy atom. The minimum absolute atomic E-state index is 0.0295. The molecule has 2 aromatic rings. The molecule has 0 aliphatic carbocycles. The van der Waals surface area contributed by atoms with E-state index in [1.165, 1.54) is 6.92 Å². The van der Waals surface area contributed by atoms with Crippen LogP contribution in [0.1, 0.15) is 29.9 Å². The van der Waals surface area contributed by atoms with Crippen LogP contribution in [-0.4, -0.2) is 22.9 Å². The van der Waals surface area contributed by atoms with E-state index < -0.39 is 0 Å². The molecule has 0 N–H and O–H groups in total. The van der Waals surface area contributed by atoms with Crippen LogP contribution in [0, 0.1) is 0 Å². The summed E-state index contributed by atoms with van der Waals surface area (Å²) in [6, 6.07) is 7.67. The SMILES string of the molecule is CCOC(=O)c1c(CC(C)=O)c2ccccc2n1C. The molecule has 0 saturated heterocycles. The lowest BCUT2D eigenvalue weighted by Crippen LogP contribution is -2.13. The summed E-state index contributed by atoms with van der Waals surface area (Å²) in [6.45, 7) is 3.61. The maximum atomic E-state index is 12.1. The van der Waals surface area contributed by atoms with Gasteiger partial charge < -0.3 is 9.30 Å². The van der Waals surface area contributed by atoms with Crippen molar-refractivity contribution in [3.63, 3.8) is 0 Å². The smallest absolute Gasteiger partial charge is 0.355 e. The number of carbonyl (C=O) groups is 2. The third-order valence-corrected chi connectivity index (χ3v) is 3.11. The first-order valence-corrected chi connectivity index (χ1v) is 6.29. The first-order chi connectivity index (χ1) is 9.06. The molecule has 0 aliphatic rings. The van der Waals surface area contributed by atoms with E-state index in [9.17, 15) is 9.59 Å². The van der Waals surface area contributed by atoms with E-state index in [1.807, 2.05) is 31.3 Å². The molecular weight excluding hydrogens is 242 g/mol. The summed E-state index contributed by atoms with van der Waals surface area (Å²) in [5.41, 5.74) is 2.16. The molecule has 1 aromatic carbocycles. The number of aromatic nitrogens is 1. The summed E-state index contributed by atoms with van der Waals surface area (Å²) in [7, 11) is 1.82. The summed E-state index contributed by atoms with van der Waals surface area (Å²) < 4.78 is 6.89. The monoisotopic (exact) mass is 259 g/mol. The van der Waals surface area contributed by atoms with Crippen molar-refractivity contribution >= 4 is 22.7 Å². The lowest BCUT2D eigenvalue weighted by Gasteiger charge is -2.06. The third-order valence-electron chi connectivity index (χ3n) is 3.11. The Labute approximate surface area is 112 Å². The Kier molecular flexibility index (Phi) is 3.69. The van der Waals surface area contributed by atoms with E-state index in [4.69, 9.17) is 4.74 Å². The standard InChI is InChI=1S/C15H17NO3/c1-4-19-15(18)14-12(9-10(2)17)11-7-5-6-8-13(11)16(14)3/h5-8H,4,9H2,1-3H3. The second-order valence-electron chi connectivity index (χ2n) is 4.50. The number of fused-ring (bicyclic) bond motifs is 1. The van der Waals surface area contributed by atoms with Gasteiger partial charge in [0.05, 0.1) is 6.61 Å². The molecule has 1 heterocycles. The van der Waals surface area contributed by atoms with Crippen molar-refractivity contribution < 1.29 is 14.3 Å². The maximum absolute atomic E-state index is 12.1. The van der Waals surface area contributed by atoms with Crippen molar-refractivity contribution in [3.8, 4) is 0 Å². The van der Waals surface area contributed by atoms with Gasteiger partial charge >= 0.3 is 5.97 Å². The van der Waals surface area contributed by atoms with E-state index in [0.29, 0.717) is 12.3 Å². The minimum Gasteiger partial charge on any atom is -0.461 e. The van der Waals surface area contributed by atoms with Crippen LogP contribution in [0.2, 0.25) is 0 Å². The zero-order valence-corrected chi connectivity index (χ0v) is 11.4. The fourth-order valence-electron chi connectivity index (χ4n) is 2.36. The molecule has 4 nitrogen and oxygen atoms in total. The predicted molar refractivity (Wildman–Crippen MR) is 73.3 cm³/mol. The van der Waals surface area contributed by atoms with Crippen LogP contribution in [0.4, 0.5) is 0 Å². The van der Waals surface area contributed by atoms with E-state index in [1.54, 1.807) is 11.5 Å². The van der Waals surface area contributed by atoms with Gasteiger partial charge in [-0.25, -0.2) is 4.79 Å². The van der Waals surface area contributed by atoms with Gasteiger partial charge in [0.15, 0.2) is 0 Å². The predicted octanol–water partition coefficient (Wildman–Crippen LogP) is 2.49. The van der Waals surface area contributed by atoms with Gasteiger partial charge in [-0.05, 0) is 25.5 Å². The lowest BCUT2D eigenvalue weighted by atomic mass is 10.1. The van der Waals surface area contributed by atoms with Gasteiger partial charge in [-0.15, -0.1) is 0 Å². The van der Waals surface area contributed by atoms with Crippen molar-refractivity contribution in [2.24, 2.45) is 7.05 Å². The molecule has 0 unspecified atom stereocenters. The fraction of sp³-hybridized carbons (Fsp3) is 0.333. The molecule has 0 aliphatic heterocycles. The van der Waals surface area contributed by atoms with Gasteiger partial charge in [-0.2, -0.15) is 0 Å². The van der Waals surface area contributed by atoms with E-state index in [0.717, 1.165) is 16.5 Å². The molecule has 1 aromatic heterocycles. The second kappa shape index (κ2) is 5.26. The highest BCUT2D eigenvalue weighted by molar-refractivity contribution is 6.01. The fourth-order valence-corrected chi connectivity index (χ4v) is 2.36. The van der Waals surface area contributed by atoms with Crippen molar-refractivity contribution in [2.45, 2.75) is 20.3 Å². The first kappa shape index (κ1) is 13.3. The Morgan fingerprint density at radius 2 is 1.95 bits per heavy atom. The number of hydrogen-bond donors (Lipinski definition) is 0. The summed E-state index contributed by atoms with van der Waals surface area (Å²) in [6.07, 6.45) is 0.246. The zero-order valence-electron chi connectivity index (χ0n) is 11.4. The molecule has 2 rings (SSSR count). The van der Waals surface area contributed by atoms with Crippen LogP contribution in [0.5, 0.6) is 0 Å². The highest BCUT2D eigenvalue weighted by Gasteiger charge is 2.22. The van der Waals surface area contributed by atoms with Crippen molar-refractivity contribution in [1.82, 2.24) is 4.57 Å². The summed E-state index contributed by atoms with van der Waals surface area (Å²) in [5, 5.41) is 0.934. The first-order valence-electron chi connectivity index (χ1n) is 6.29. The molecule has 0 amide bonds. The van der Waals surface area contributed by atoms with Crippen LogP contribution in [0.3, 0.4) is 0 Å². The number of benzene rings is 1. The molecular formula is C15H17NO3. The number of rotatable bonds is 4. The van der Waals surface area contributed by atoms with Crippen LogP contribution >= 0.6 is 0 Å². The van der Waals surface area contributed by atoms with Crippen molar-refractivity contribution in [2.75, 3.05) is 6.61 Å². The molecule has 0 spiro atoms. The Balaban J connectivity index is 2.68. The van der Waals surface area contributed by atoms with Gasteiger partial charge in [-0.1, -0.05) is 18.2 Å². The lowest BCUT2D eigenvalue weighted by molar-refractivity contribution is -0.116. The minimum atomic E-state index is -0.377. The van der Waals surface area contributed by atoms with Gasteiger partial charge in [0, 0.05) is 24.4 Å². The number of aryl methyl sites for hydroxylation is 1. The van der Waals surface area contributed by atoms with E-state index in [2.05, 4.69) is 0 Å². The number of para-hydroxylation sites is 1. The molecule has 4 heteroatoms. The quantitative estimate of drug-likeness (QED) is 0.792. The average Bonchev–Trinajstić information content (AvgIpc) is 2.63. The Morgan fingerprint density at radius 1 is 1.26 bits per heavy atom. The number of esters is 1. The maximum Gasteiger partial charge on any atom is 0.355 e. The van der Waals surface area contributed by atoms with Crippen LogP contribution in [0.15, 0.2) is 24.3 Å². The van der Waals surface area contributed by atoms with Gasteiger partial charge in [0.1, 0.15) is 11.5 Å². The molecule has 0 bridgehead atoms.